The summed E-state index contributed by atoms with van der Waals surface area (Å²) in [4.78, 5) is -2.87. The minimum absolute atomic E-state index is 0.646. The number of hydrogen-bond acceptors (Lipinski definition) is 1. The monoisotopic (exact) mass is 159 g/mol. The van der Waals surface area contributed by atoms with E-state index in [2.05, 4.69) is 5.73 Å². The van der Waals surface area contributed by atoms with Crippen molar-refractivity contribution in [3.8, 4) is 0 Å². The van der Waals surface area contributed by atoms with Crippen molar-refractivity contribution in [1.82, 2.24) is 0 Å². The van der Waals surface area contributed by atoms with Gasteiger partial charge in [0.2, 0.25) is 0 Å². The summed E-state index contributed by atoms with van der Waals surface area (Å²) >= 11 is 2.02. The molecule has 38 valence electrons. The third kappa shape index (κ3) is 4.30. The number of halogens is 3. The van der Waals surface area contributed by atoms with Crippen molar-refractivity contribution in [2.24, 2.45) is 5.73 Å². The Hall–Kier alpha value is 0.300. The highest BCUT2D eigenvalue weighted by atomic mass is 79.9. The van der Waals surface area contributed by atoms with E-state index >= 15 is 0 Å². The highest BCUT2D eigenvalue weighted by Crippen LogP contribution is 2.18. The minimum Gasteiger partial charge on any atom is -0.324 e. The van der Waals surface area contributed by atoms with Gasteiger partial charge in [-0.2, -0.15) is 8.78 Å². The quantitative estimate of drug-likeness (QED) is 0.567. The van der Waals surface area contributed by atoms with E-state index < -0.39 is 11.4 Å². The second kappa shape index (κ2) is 1.84. The fourth-order valence-corrected chi connectivity index (χ4v) is 0. The molecule has 0 aliphatic carbocycles. The van der Waals surface area contributed by atoms with Crippen LogP contribution in [0.2, 0.25) is 0 Å². The van der Waals surface area contributed by atoms with Crippen molar-refractivity contribution >= 4 is 15.9 Å². The molecule has 6 heavy (non-hydrogen) atoms. The van der Waals surface area contributed by atoms with Gasteiger partial charge in [-0.1, -0.05) is 0 Å². The zero-order valence-electron chi connectivity index (χ0n) is 2.92. The lowest BCUT2D eigenvalue weighted by Gasteiger charge is -1.99. The molecule has 2 N–H and O–H groups in total. The Morgan fingerprint density at radius 3 is 1.83 bits per heavy atom. The molecule has 0 fully saturated rings. The second-order valence-electron chi connectivity index (χ2n) is 0.819. The highest BCUT2D eigenvalue weighted by molar-refractivity contribution is 9.10. The van der Waals surface area contributed by atoms with E-state index in [4.69, 9.17) is 0 Å². The molecule has 0 aromatic rings. The van der Waals surface area contributed by atoms with Crippen LogP contribution >= 0.6 is 15.9 Å². The van der Waals surface area contributed by atoms with Gasteiger partial charge in [0.25, 0.3) is 0 Å². The predicted molar refractivity (Wildman–Crippen MR) is 22.9 cm³/mol. The molecule has 0 heterocycles. The Morgan fingerprint density at radius 2 is 1.83 bits per heavy atom. The minimum atomic E-state index is -2.87. The van der Waals surface area contributed by atoms with Gasteiger partial charge in [-0.05, 0) is 15.9 Å². The van der Waals surface area contributed by atoms with Crippen molar-refractivity contribution in [2.45, 2.75) is 4.83 Å². The summed E-state index contributed by atoms with van der Waals surface area (Å²) in [5, 5.41) is 0. The smallest absolute Gasteiger partial charge is 0.313 e. The van der Waals surface area contributed by atoms with Gasteiger partial charge < -0.3 is 5.73 Å². The summed E-state index contributed by atoms with van der Waals surface area (Å²) in [6.45, 7) is -0.646. The molecule has 0 rings (SSSR count). The van der Waals surface area contributed by atoms with E-state index in [1.807, 2.05) is 15.9 Å². The van der Waals surface area contributed by atoms with Crippen LogP contribution in [0.4, 0.5) is 8.78 Å². The first-order chi connectivity index (χ1) is 2.56. The maximum absolute atomic E-state index is 11.2. The lowest BCUT2D eigenvalue weighted by atomic mass is 10.7. The van der Waals surface area contributed by atoms with Crippen LogP contribution < -0.4 is 5.73 Å². The summed E-state index contributed by atoms with van der Waals surface area (Å²) in [6.07, 6.45) is 0. The van der Waals surface area contributed by atoms with Crippen molar-refractivity contribution in [3.05, 3.63) is 0 Å². The van der Waals surface area contributed by atoms with Gasteiger partial charge in [0.1, 0.15) is 0 Å². The van der Waals surface area contributed by atoms with Crippen LogP contribution in [0, 0.1) is 0 Å². The van der Waals surface area contributed by atoms with E-state index in [1.165, 1.54) is 0 Å². The molecule has 0 amide bonds. The predicted octanol–water partition coefficient (Wildman–Crippen LogP) is 0.933. The number of hydrogen-bond donors (Lipinski definition) is 1. The third-order valence-electron chi connectivity index (χ3n) is 0.231. The molecule has 0 atom stereocenters. The van der Waals surface area contributed by atoms with E-state index in [1.54, 1.807) is 0 Å². The molecule has 0 spiro atoms. The maximum Gasteiger partial charge on any atom is 0.313 e. The fraction of sp³-hybridized carbons (Fsp3) is 1.00. The molecule has 1 nitrogen and oxygen atoms in total. The van der Waals surface area contributed by atoms with Gasteiger partial charge in [-0.3, -0.25) is 0 Å². The Kier molecular flexibility index (Phi) is 1.93. The lowest BCUT2D eigenvalue weighted by molar-refractivity contribution is 0.125. The van der Waals surface area contributed by atoms with Gasteiger partial charge in [-0.25, -0.2) is 0 Å². The van der Waals surface area contributed by atoms with E-state index in [9.17, 15) is 8.78 Å². The molecule has 0 aromatic heterocycles. The van der Waals surface area contributed by atoms with Crippen LogP contribution in [-0.2, 0) is 0 Å². The number of nitrogens with two attached hydrogens (primary N) is 1. The zero-order chi connectivity index (χ0) is 5.21. The average Bonchev–Trinajstić information content (AvgIpc) is 1.35. The maximum atomic E-state index is 11.2. The van der Waals surface area contributed by atoms with Crippen molar-refractivity contribution < 1.29 is 8.78 Å². The normalized spacial score (nSPS) is 12.0. The Balaban J connectivity index is 3.17. The first-order valence-electron chi connectivity index (χ1n) is 1.33. The third-order valence-corrected chi connectivity index (χ3v) is 0.555. The molecule has 0 radical (unpaired) electrons. The molecule has 4 heteroatoms. The van der Waals surface area contributed by atoms with Gasteiger partial charge in [0, 0.05) is 0 Å². The summed E-state index contributed by atoms with van der Waals surface area (Å²) in [5.74, 6) is 0. The highest BCUT2D eigenvalue weighted by Gasteiger charge is 2.19. The topological polar surface area (TPSA) is 26.0 Å². The second-order valence-corrected chi connectivity index (χ2v) is 1.98. The molecular formula is C2H4BrF2N. The molecular weight excluding hydrogens is 156 g/mol. The molecule has 0 aliphatic heterocycles. The van der Waals surface area contributed by atoms with Crippen molar-refractivity contribution in [2.75, 3.05) is 6.54 Å². The van der Waals surface area contributed by atoms with Crippen LogP contribution in [-0.4, -0.2) is 11.4 Å². The zero-order valence-corrected chi connectivity index (χ0v) is 4.50. The molecule has 0 saturated carbocycles. The molecule has 0 unspecified atom stereocenters. The van der Waals surface area contributed by atoms with Gasteiger partial charge in [0.15, 0.2) is 0 Å². The average molecular weight is 160 g/mol. The SMILES string of the molecule is NCC(F)(F)Br. The van der Waals surface area contributed by atoms with Crippen LogP contribution in [0.5, 0.6) is 0 Å². The standard InChI is InChI=1S/C2H4BrF2N/c3-2(4,5)1-6/h1,6H2. The summed E-state index contributed by atoms with van der Waals surface area (Å²) in [6, 6.07) is 0. The Labute approximate surface area is 42.6 Å². The Morgan fingerprint density at radius 1 is 1.67 bits per heavy atom. The summed E-state index contributed by atoms with van der Waals surface area (Å²) < 4.78 is 22.5. The lowest BCUT2D eigenvalue weighted by Crippen LogP contribution is -2.19. The summed E-state index contributed by atoms with van der Waals surface area (Å²) in [7, 11) is 0. The first kappa shape index (κ1) is 6.30. The van der Waals surface area contributed by atoms with E-state index in [0.717, 1.165) is 0 Å². The van der Waals surface area contributed by atoms with Crippen molar-refractivity contribution in [1.29, 1.82) is 0 Å². The fourth-order valence-electron chi connectivity index (χ4n) is 0. The molecule has 0 saturated heterocycles. The van der Waals surface area contributed by atoms with Crippen LogP contribution in [0.25, 0.3) is 0 Å². The first-order valence-corrected chi connectivity index (χ1v) is 2.12. The van der Waals surface area contributed by atoms with Crippen LogP contribution in [0.15, 0.2) is 0 Å². The van der Waals surface area contributed by atoms with Crippen LogP contribution in [0.1, 0.15) is 0 Å². The molecule has 0 aromatic carbocycles. The van der Waals surface area contributed by atoms with Crippen LogP contribution in [0.3, 0.4) is 0 Å². The summed E-state index contributed by atoms with van der Waals surface area (Å²) in [5.41, 5.74) is 4.51. The number of rotatable bonds is 1. The Bertz CT molecular complexity index is 41.3. The van der Waals surface area contributed by atoms with Gasteiger partial charge in [0.05, 0.1) is 6.54 Å². The van der Waals surface area contributed by atoms with Gasteiger partial charge in [-0.15, -0.1) is 0 Å². The van der Waals surface area contributed by atoms with Gasteiger partial charge >= 0.3 is 4.83 Å². The van der Waals surface area contributed by atoms with Crippen molar-refractivity contribution in [3.63, 3.8) is 0 Å². The molecule has 0 bridgehead atoms. The molecule has 0 aliphatic rings. The number of alkyl halides is 3. The van der Waals surface area contributed by atoms with E-state index in [-0.39, 0.29) is 0 Å². The van der Waals surface area contributed by atoms with E-state index in [0.29, 0.717) is 0 Å². The largest absolute Gasteiger partial charge is 0.324 e.